The molecule has 0 radical (unpaired) electrons. The number of aromatic amines is 1. The van der Waals surface area contributed by atoms with Gasteiger partial charge in [0.1, 0.15) is 21.9 Å². The maximum absolute atomic E-state index is 12.3. The lowest BCUT2D eigenvalue weighted by molar-refractivity contribution is -0.116. The van der Waals surface area contributed by atoms with Crippen LogP contribution >= 0.6 is 23.2 Å². The molecule has 0 aliphatic rings. The molecule has 0 bridgehead atoms. The molecule has 26 heavy (non-hydrogen) atoms. The molecule has 2 N–H and O–H groups in total. The summed E-state index contributed by atoms with van der Waals surface area (Å²) in [6, 6.07) is 14.0. The molecule has 1 amide bonds. The van der Waals surface area contributed by atoms with Crippen molar-refractivity contribution in [2.24, 2.45) is 0 Å². The van der Waals surface area contributed by atoms with Gasteiger partial charge in [-0.1, -0.05) is 48.0 Å². The molecule has 3 rings (SSSR count). The van der Waals surface area contributed by atoms with Gasteiger partial charge in [0.05, 0.1) is 5.69 Å². The predicted octanol–water partition coefficient (Wildman–Crippen LogP) is 3.71. The lowest BCUT2D eigenvalue weighted by Crippen LogP contribution is -2.18. The van der Waals surface area contributed by atoms with Gasteiger partial charge in [0.2, 0.25) is 5.91 Å². The molecule has 1 aromatic carbocycles. The zero-order valence-electron chi connectivity index (χ0n) is 13.7. The van der Waals surface area contributed by atoms with Gasteiger partial charge in [0, 0.05) is 0 Å². The topological polar surface area (TPSA) is 87.7 Å². The second-order valence-electron chi connectivity index (χ2n) is 5.48. The lowest BCUT2D eigenvalue weighted by atomic mass is 10.1. The third-order valence-electron chi connectivity index (χ3n) is 3.59. The van der Waals surface area contributed by atoms with Gasteiger partial charge in [-0.3, -0.25) is 9.59 Å². The fourth-order valence-electron chi connectivity index (χ4n) is 2.29. The standard InChI is InChI=1S/C18H14Cl2N4O2/c1-10-14(19)17(25)24-16(21-10)12-8-5-9-13(22-12)23-18(26)15(20)11-6-3-2-4-7-11/h2-9,15H,1H3,(H,21,24,25)(H,22,23,26). The third-order valence-corrected chi connectivity index (χ3v) is 4.49. The molecule has 0 aliphatic carbocycles. The molecule has 0 saturated carbocycles. The number of pyridine rings is 1. The van der Waals surface area contributed by atoms with Crippen LogP contribution in [0.15, 0.2) is 53.3 Å². The number of anilines is 1. The number of hydrogen-bond donors (Lipinski definition) is 2. The summed E-state index contributed by atoms with van der Waals surface area (Å²) in [4.78, 5) is 35.2. The highest BCUT2D eigenvalue weighted by atomic mass is 35.5. The highest BCUT2D eigenvalue weighted by Crippen LogP contribution is 2.22. The Bertz CT molecular complexity index is 1010. The quantitative estimate of drug-likeness (QED) is 0.666. The summed E-state index contributed by atoms with van der Waals surface area (Å²) < 4.78 is 0. The summed E-state index contributed by atoms with van der Waals surface area (Å²) in [6.45, 7) is 1.63. The van der Waals surface area contributed by atoms with Crippen molar-refractivity contribution >= 4 is 34.9 Å². The van der Waals surface area contributed by atoms with Crippen molar-refractivity contribution in [3.8, 4) is 11.5 Å². The molecule has 0 fully saturated rings. The van der Waals surface area contributed by atoms with Crippen molar-refractivity contribution < 1.29 is 4.79 Å². The Hall–Kier alpha value is -2.70. The summed E-state index contributed by atoms with van der Waals surface area (Å²) in [5.41, 5.74) is 1.02. The number of halogens is 2. The number of amides is 1. The van der Waals surface area contributed by atoms with Gasteiger partial charge in [-0.2, -0.15) is 0 Å². The van der Waals surface area contributed by atoms with Crippen molar-refractivity contribution in [3.63, 3.8) is 0 Å². The van der Waals surface area contributed by atoms with E-state index in [0.29, 0.717) is 22.8 Å². The fraction of sp³-hybridized carbons (Fsp3) is 0.111. The Kier molecular flexibility index (Phi) is 5.35. The van der Waals surface area contributed by atoms with Gasteiger partial charge < -0.3 is 10.3 Å². The summed E-state index contributed by atoms with van der Waals surface area (Å²) in [5.74, 6) is 0.152. The van der Waals surface area contributed by atoms with Crippen LogP contribution in [0.25, 0.3) is 11.5 Å². The Morgan fingerprint density at radius 3 is 2.54 bits per heavy atom. The van der Waals surface area contributed by atoms with Crippen molar-refractivity contribution in [3.05, 3.63) is 75.2 Å². The van der Waals surface area contributed by atoms with Crippen LogP contribution in [-0.4, -0.2) is 20.9 Å². The van der Waals surface area contributed by atoms with E-state index in [1.165, 1.54) is 0 Å². The number of aryl methyl sites for hydroxylation is 1. The summed E-state index contributed by atoms with van der Waals surface area (Å²) in [6.07, 6.45) is 0. The number of aromatic nitrogens is 3. The molecule has 1 atom stereocenters. The van der Waals surface area contributed by atoms with Gasteiger partial charge in [-0.15, -0.1) is 11.6 Å². The monoisotopic (exact) mass is 388 g/mol. The first kappa shape index (κ1) is 18.1. The fourth-order valence-corrected chi connectivity index (χ4v) is 2.58. The molecule has 3 aromatic rings. The zero-order valence-corrected chi connectivity index (χ0v) is 15.2. The van der Waals surface area contributed by atoms with Crippen LogP contribution in [0.3, 0.4) is 0 Å². The molecule has 0 aliphatic heterocycles. The Morgan fingerprint density at radius 2 is 1.85 bits per heavy atom. The summed E-state index contributed by atoms with van der Waals surface area (Å²) in [5, 5.41) is 1.85. The first-order valence-corrected chi connectivity index (χ1v) is 8.51. The maximum atomic E-state index is 12.3. The largest absolute Gasteiger partial charge is 0.309 e. The number of nitrogens with one attached hydrogen (secondary N) is 2. The van der Waals surface area contributed by atoms with Crippen LogP contribution in [-0.2, 0) is 4.79 Å². The number of carbonyl (C=O) groups excluding carboxylic acids is 1. The third kappa shape index (κ3) is 3.92. The number of nitrogens with zero attached hydrogens (tertiary/aromatic N) is 2. The molecule has 1 unspecified atom stereocenters. The van der Waals surface area contributed by atoms with Crippen molar-refractivity contribution in [2.75, 3.05) is 5.32 Å². The van der Waals surface area contributed by atoms with E-state index in [-0.39, 0.29) is 10.8 Å². The number of hydrogen-bond acceptors (Lipinski definition) is 4. The van der Waals surface area contributed by atoms with Crippen LogP contribution in [0.1, 0.15) is 16.6 Å². The van der Waals surface area contributed by atoms with Gasteiger partial charge in [0.25, 0.3) is 5.56 Å². The van der Waals surface area contributed by atoms with E-state index in [2.05, 4.69) is 20.3 Å². The van der Waals surface area contributed by atoms with Crippen LogP contribution in [0.4, 0.5) is 5.82 Å². The minimum Gasteiger partial charge on any atom is -0.309 e. The Morgan fingerprint density at radius 1 is 1.12 bits per heavy atom. The average Bonchev–Trinajstić information content (AvgIpc) is 2.66. The SMILES string of the molecule is Cc1nc(-c2cccc(NC(=O)C(Cl)c3ccccc3)n2)[nH]c(=O)c1Cl. The smallest absolute Gasteiger partial charge is 0.270 e. The number of H-pyrrole nitrogens is 1. The number of rotatable bonds is 4. The molecule has 8 heteroatoms. The van der Waals surface area contributed by atoms with Crippen LogP contribution in [0.2, 0.25) is 5.02 Å². The maximum Gasteiger partial charge on any atom is 0.270 e. The second kappa shape index (κ2) is 7.68. The normalized spacial score (nSPS) is 11.8. The molecule has 2 heterocycles. The molecule has 0 saturated heterocycles. The number of alkyl halides is 1. The van der Waals surface area contributed by atoms with Crippen LogP contribution in [0, 0.1) is 6.92 Å². The highest BCUT2D eigenvalue weighted by molar-refractivity contribution is 6.32. The minimum atomic E-state index is -0.850. The molecular weight excluding hydrogens is 375 g/mol. The van der Waals surface area contributed by atoms with Gasteiger partial charge in [-0.05, 0) is 24.6 Å². The second-order valence-corrected chi connectivity index (χ2v) is 6.30. The Labute approximate surface area is 159 Å². The average molecular weight is 389 g/mol. The first-order valence-electron chi connectivity index (χ1n) is 7.69. The summed E-state index contributed by atoms with van der Waals surface area (Å²) >= 11 is 12.0. The summed E-state index contributed by atoms with van der Waals surface area (Å²) in [7, 11) is 0. The Balaban J connectivity index is 1.84. The van der Waals surface area contributed by atoms with Crippen molar-refractivity contribution in [2.45, 2.75) is 12.3 Å². The minimum absolute atomic E-state index is 0.0334. The molecular formula is C18H14Cl2N4O2. The molecule has 132 valence electrons. The van der Waals surface area contributed by atoms with E-state index in [9.17, 15) is 9.59 Å². The van der Waals surface area contributed by atoms with E-state index in [4.69, 9.17) is 23.2 Å². The van der Waals surface area contributed by atoms with E-state index in [1.807, 2.05) is 18.2 Å². The number of benzene rings is 1. The van der Waals surface area contributed by atoms with Gasteiger partial charge in [-0.25, -0.2) is 9.97 Å². The lowest BCUT2D eigenvalue weighted by Gasteiger charge is -2.11. The van der Waals surface area contributed by atoms with E-state index < -0.39 is 16.8 Å². The van der Waals surface area contributed by atoms with E-state index in [0.717, 1.165) is 0 Å². The number of carbonyl (C=O) groups is 1. The first-order chi connectivity index (χ1) is 12.5. The van der Waals surface area contributed by atoms with E-state index >= 15 is 0 Å². The van der Waals surface area contributed by atoms with Gasteiger partial charge in [0.15, 0.2) is 5.82 Å². The molecule has 6 nitrogen and oxygen atoms in total. The predicted molar refractivity (Wildman–Crippen MR) is 102 cm³/mol. The highest BCUT2D eigenvalue weighted by Gasteiger charge is 2.18. The molecule has 2 aromatic heterocycles. The van der Waals surface area contributed by atoms with Crippen LogP contribution in [0.5, 0.6) is 0 Å². The van der Waals surface area contributed by atoms with Gasteiger partial charge >= 0.3 is 0 Å². The molecule has 0 spiro atoms. The van der Waals surface area contributed by atoms with Crippen molar-refractivity contribution in [1.29, 1.82) is 0 Å². The zero-order chi connectivity index (χ0) is 18.7. The van der Waals surface area contributed by atoms with E-state index in [1.54, 1.807) is 37.3 Å². The van der Waals surface area contributed by atoms with Crippen LogP contribution < -0.4 is 10.9 Å². The van der Waals surface area contributed by atoms with Crippen molar-refractivity contribution in [1.82, 2.24) is 15.0 Å².